The van der Waals surface area contributed by atoms with Gasteiger partial charge < -0.3 is 10.2 Å². The van der Waals surface area contributed by atoms with E-state index in [0.717, 1.165) is 6.92 Å². The quantitative estimate of drug-likeness (QED) is 0.435. The highest BCUT2D eigenvalue weighted by atomic mass is 16.3. The SMILES string of the molecule is CC(=O)NC(=O)/C(C#N)=C/C=C/c1cc(O)cc(O)c1. The van der Waals surface area contributed by atoms with E-state index in [-0.39, 0.29) is 17.1 Å². The van der Waals surface area contributed by atoms with E-state index in [0.29, 0.717) is 5.56 Å². The number of carbonyl (C=O) groups excluding carboxylic acids is 2. The Bertz CT molecular complexity index is 619. The summed E-state index contributed by atoms with van der Waals surface area (Å²) in [6.07, 6.45) is 4.10. The van der Waals surface area contributed by atoms with Crippen molar-refractivity contribution in [2.45, 2.75) is 6.92 Å². The Morgan fingerprint density at radius 1 is 1.25 bits per heavy atom. The summed E-state index contributed by atoms with van der Waals surface area (Å²) in [5, 5.41) is 29.3. The van der Waals surface area contributed by atoms with Crippen LogP contribution in [0.2, 0.25) is 0 Å². The maximum atomic E-state index is 11.4. The molecule has 0 atom stereocenters. The first-order chi connectivity index (χ1) is 9.42. The molecule has 0 aromatic heterocycles. The first-order valence-corrected chi connectivity index (χ1v) is 5.56. The molecule has 0 fully saturated rings. The Hall–Kier alpha value is -3.07. The number of imide groups is 1. The molecule has 0 saturated heterocycles. The number of hydrogen-bond donors (Lipinski definition) is 3. The molecule has 0 unspecified atom stereocenters. The van der Waals surface area contributed by atoms with Crippen molar-refractivity contribution in [3.05, 3.63) is 41.5 Å². The summed E-state index contributed by atoms with van der Waals surface area (Å²) in [6, 6.07) is 5.63. The monoisotopic (exact) mass is 272 g/mol. The minimum atomic E-state index is -0.789. The lowest BCUT2D eigenvalue weighted by Crippen LogP contribution is -2.28. The standard InChI is InChI=1S/C14H12N2O4/c1-9(17)16-14(20)11(8-15)4-2-3-10-5-12(18)7-13(19)6-10/h2-7,18-19H,1H3,(H,16,17,20)/b3-2+,11-4+. The molecule has 0 saturated carbocycles. The van der Waals surface area contributed by atoms with Crippen molar-refractivity contribution in [1.82, 2.24) is 5.32 Å². The Morgan fingerprint density at radius 2 is 1.85 bits per heavy atom. The maximum absolute atomic E-state index is 11.4. The van der Waals surface area contributed by atoms with E-state index < -0.39 is 11.8 Å². The number of aromatic hydroxyl groups is 2. The maximum Gasteiger partial charge on any atom is 0.268 e. The summed E-state index contributed by atoms with van der Waals surface area (Å²) in [5.74, 6) is -1.56. The fourth-order valence-corrected chi connectivity index (χ4v) is 1.36. The molecule has 1 aromatic rings. The largest absolute Gasteiger partial charge is 0.508 e. The van der Waals surface area contributed by atoms with Gasteiger partial charge in [0.15, 0.2) is 0 Å². The number of phenolic OH excluding ortho intramolecular Hbond substituents is 2. The number of nitrogens with one attached hydrogen (secondary N) is 1. The molecule has 1 rings (SSSR count). The van der Waals surface area contributed by atoms with Gasteiger partial charge in [0, 0.05) is 13.0 Å². The number of benzene rings is 1. The molecule has 0 aliphatic heterocycles. The number of allylic oxidation sites excluding steroid dienone is 2. The molecular formula is C14H12N2O4. The number of nitriles is 1. The first-order valence-electron chi connectivity index (χ1n) is 5.56. The van der Waals surface area contributed by atoms with Crippen molar-refractivity contribution < 1.29 is 19.8 Å². The average Bonchev–Trinajstić information content (AvgIpc) is 2.32. The van der Waals surface area contributed by atoms with Crippen LogP contribution < -0.4 is 5.32 Å². The fraction of sp³-hybridized carbons (Fsp3) is 0.0714. The van der Waals surface area contributed by atoms with Gasteiger partial charge in [-0.1, -0.05) is 12.2 Å². The van der Waals surface area contributed by atoms with Crippen molar-refractivity contribution in [2.24, 2.45) is 0 Å². The summed E-state index contributed by atoms with van der Waals surface area (Å²) in [7, 11) is 0. The summed E-state index contributed by atoms with van der Waals surface area (Å²) in [5.41, 5.74) is 0.254. The summed E-state index contributed by atoms with van der Waals surface area (Å²) >= 11 is 0. The van der Waals surface area contributed by atoms with Crippen molar-refractivity contribution >= 4 is 17.9 Å². The van der Waals surface area contributed by atoms with Crippen LogP contribution in [0.25, 0.3) is 6.08 Å². The number of hydrogen-bond acceptors (Lipinski definition) is 5. The summed E-state index contributed by atoms with van der Waals surface area (Å²) < 4.78 is 0. The highest BCUT2D eigenvalue weighted by Gasteiger charge is 2.08. The van der Waals surface area contributed by atoms with Gasteiger partial charge in [-0.2, -0.15) is 5.26 Å². The Morgan fingerprint density at radius 3 is 2.35 bits per heavy atom. The number of amides is 2. The molecular weight excluding hydrogens is 260 g/mol. The fourth-order valence-electron chi connectivity index (χ4n) is 1.36. The second-order valence-corrected chi connectivity index (χ2v) is 3.84. The zero-order valence-electron chi connectivity index (χ0n) is 10.6. The zero-order chi connectivity index (χ0) is 15.1. The van der Waals surface area contributed by atoms with Crippen LogP contribution in [0.1, 0.15) is 12.5 Å². The molecule has 0 aliphatic carbocycles. The molecule has 1 aromatic carbocycles. The molecule has 0 aliphatic rings. The van der Waals surface area contributed by atoms with Crippen molar-refractivity contribution in [3.63, 3.8) is 0 Å². The van der Waals surface area contributed by atoms with Crippen molar-refractivity contribution in [3.8, 4) is 17.6 Å². The molecule has 0 radical (unpaired) electrons. The van der Waals surface area contributed by atoms with Gasteiger partial charge in [-0.15, -0.1) is 0 Å². The molecule has 2 amide bonds. The minimum Gasteiger partial charge on any atom is -0.508 e. The normalized spacial score (nSPS) is 11.1. The average molecular weight is 272 g/mol. The van der Waals surface area contributed by atoms with Crippen LogP contribution >= 0.6 is 0 Å². The van der Waals surface area contributed by atoms with Gasteiger partial charge in [0.25, 0.3) is 5.91 Å². The second-order valence-electron chi connectivity index (χ2n) is 3.84. The number of carbonyl (C=O) groups is 2. The topological polar surface area (TPSA) is 110 Å². The summed E-state index contributed by atoms with van der Waals surface area (Å²) in [6.45, 7) is 1.16. The van der Waals surface area contributed by atoms with Crippen LogP contribution in [0.5, 0.6) is 11.5 Å². The lowest BCUT2D eigenvalue weighted by molar-refractivity contribution is -0.126. The molecule has 20 heavy (non-hydrogen) atoms. The minimum absolute atomic E-state index is 0.108. The van der Waals surface area contributed by atoms with Crippen LogP contribution in [0.3, 0.4) is 0 Å². The molecule has 0 bridgehead atoms. The second kappa shape index (κ2) is 6.75. The summed E-state index contributed by atoms with van der Waals surface area (Å²) in [4.78, 5) is 22.1. The smallest absolute Gasteiger partial charge is 0.268 e. The van der Waals surface area contributed by atoms with E-state index in [4.69, 9.17) is 5.26 Å². The first kappa shape index (κ1) is 15.0. The third-order valence-electron chi connectivity index (χ3n) is 2.13. The molecule has 6 nitrogen and oxygen atoms in total. The van der Waals surface area contributed by atoms with Crippen LogP contribution in [0, 0.1) is 11.3 Å². The van der Waals surface area contributed by atoms with Gasteiger partial charge in [-0.05, 0) is 23.8 Å². The zero-order valence-corrected chi connectivity index (χ0v) is 10.6. The number of nitrogens with zero attached hydrogens (tertiary/aromatic N) is 1. The lowest BCUT2D eigenvalue weighted by Gasteiger charge is -1.98. The van der Waals surface area contributed by atoms with Crippen molar-refractivity contribution in [1.29, 1.82) is 5.26 Å². The van der Waals surface area contributed by atoms with Gasteiger partial charge in [0.2, 0.25) is 5.91 Å². The van der Waals surface area contributed by atoms with E-state index in [1.807, 2.05) is 5.32 Å². The predicted octanol–water partition coefficient (Wildman–Crippen LogP) is 1.22. The molecule has 0 spiro atoms. The highest BCUT2D eigenvalue weighted by molar-refractivity contribution is 6.06. The van der Waals surface area contributed by atoms with E-state index >= 15 is 0 Å². The van der Waals surface area contributed by atoms with Crippen LogP contribution in [0.15, 0.2) is 35.9 Å². The van der Waals surface area contributed by atoms with E-state index in [1.165, 1.54) is 36.4 Å². The van der Waals surface area contributed by atoms with E-state index in [9.17, 15) is 19.8 Å². The van der Waals surface area contributed by atoms with Gasteiger partial charge in [0.1, 0.15) is 23.1 Å². The van der Waals surface area contributed by atoms with Crippen LogP contribution in [-0.4, -0.2) is 22.0 Å². The van der Waals surface area contributed by atoms with Gasteiger partial charge in [0.05, 0.1) is 0 Å². The van der Waals surface area contributed by atoms with E-state index in [1.54, 1.807) is 6.07 Å². The van der Waals surface area contributed by atoms with Crippen molar-refractivity contribution in [2.75, 3.05) is 0 Å². The lowest BCUT2D eigenvalue weighted by atomic mass is 10.1. The van der Waals surface area contributed by atoms with Gasteiger partial charge in [-0.3, -0.25) is 14.9 Å². The Balaban J connectivity index is 2.88. The molecule has 102 valence electrons. The predicted molar refractivity (Wildman–Crippen MR) is 71.3 cm³/mol. The highest BCUT2D eigenvalue weighted by Crippen LogP contribution is 2.21. The van der Waals surface area contributed by atoms with Crippen LogP contribution in [-0.2, 0) is 9.59 Å². The molecule has 0 heterocycles. The van der Waals surface area contributed by atoms with Crippen LogP contribution in [0.4, 0.5) is 0 Å². The Labute approximate surface area is 115 Å². The molecule has 3 N–H and O–H groups in total. The number of rotatable bonds is 3. The number of phenols is 2. The molecule has 6 heteroatoms. The Kier molecular flexibility index (Phi) is 5.06. The van der Waals surface area contributed by atoms with Gasteiger partial charge >= 0.3 is 0 Å². The van der Waals surface area contributed by atoms with E-state index in [2.05, 4.69) is 0 Å². The third-order valence-corrected chi connectivity index (χ3v) is 2.13. The third kappa shape index (κ3) is 4.66. The van der Waals surface area contributed by atoms with Gasteiger partial charge in [-0.25, -0.2) is 0 Å².